The molecular weight excluding hydrogens is 338 g/mol. The molecule has 1 heterocycles. The van der Waals surface area contributed by atoms with E-state index < -0.39 is 0 Å². The maximum atomic E-state index is 11.9. The number of anilines is 1. The number of unbranched alkanes of at least 4 members (excludes halogenated alkanes) is 1. The molecule has 0 aliphatic carbocycles. The van der Waals surface area contributed by atoms with Crippen molar-refractivity contribution in [3.8, 4) is 0 Å². The minimum absolute atomic E-state index is 0.0452. The number of nitrogens with one attached hydrogen (secondary N) is 1. The van der Waals surface area contributed by atoms with E-state index in [2.05, 4.69) is 22.4 Å². The molecule has 0 aliphatic rings. The van der Waals surface area contributed by atoms with Crippen LogP contribution in [0.5, 0.6) is 0 Å². The second kappa shape index (κ2) is 9.12. The predicted molar refractivity (Wildman–Crippen MR) is 93.9 cm³/mol. The van der Waals surface area contributed by atoms with Gasteiger partial charge in [-0.25, -0.2) is 0 Å². The Balaban J connectivity index is 1.75. The summed E-state index contributed by atoms with van der Waals surface area (Å²) < 4.78 is 0.904. The maximum absolute atomic E-state index is 11.9. The van der Waals surface area contributed by atoms with E-state index in [9.17, 15) is 4.79 Å². The normalized spacial score (nSPS) is 10.6. The second-order valence-electron chi connectivity index (χ2n) is 4.75. The number of amides is 1. The molecule has 1 aromatic heterocycles. The van der Waals surface area contributed by atoms with Crippen molar-refractivity contribution in [1.29, 1.82) is 0 Å². The van der Waals surface area contributed by atoms with Crippen LogP contribution >= 0.6 is 34.7 Å². The predicted octanol–water partition coefficient (Wildman–Crippen LogP) is 4.66. The minimum Gasteiger partial charge on any atom is -0.300 e. The Morgan fingerprint density at radius 2 is 2.09 bits per heavy atom. The van der Waals surface area contributed by atoms with Crippen molar-refractivity contribution >= 4 is 45.7 Å². The lowest BCUT2D eigenvalue weighted by Crippen LogP contribution is -2.12. The maximum Gasteiger partial charge on any atom is 0.226 e. The van der Waals surface area contributed by atoms with Crippen molar-refractivity contribution in [1.82, 2.24) is 10.2 Å². The van der Waals surface area contributed by atoms with E-state index in [1.165, 1.54) is 17.8 Å². The highest BCUT2D eigenvalue weighted by Crippen LogP contribution is 2.26. The number of thioether (sulfide) groups is 1. The summed E-state index contributed by atoms with van der Waals surface area (Å²) in [6.45, 7) is 2.16. The molecule has 4 nitrogen and oxygen atoms in total. The summed E-state index contributed by atoms with van der Waals surface area (Å²) >= 11 is 8.95. The van der Waals surface area contributed by atoms with Crippen LogP contribution in [0.3, 0.4) is 0 Å². The number of halogens is 1. The molecule has 0 aliphatic heterocycles. The van der Waals surface area contributed by atoms with E-state index in [4.69, 9.17) is 11.6 Å². The van der Waals surface area contributed by atoms with Gasteiger partial charge in [0.2, 0.25) is 11.0 Å². The number of nitrogens with zero attached hydrogens (tertiary/aromatic N) is 2. The summed E-state index contributed by atoms with van der Waals surface area (Å²) in [4.78, 5) is 11.9. The van der Waals surface area contributed by atoms with Gasteiger partial charge in [0.15, 0.2) is 4.34 Å². The van der Waals surface area contributed by atoms with Crippen molar-refractivity contribution in [3.63, 3.8) is 0 Å². The molecule has 0 spiro atoms. The van der Waals surface area contributed by atoms with E-state index in [1.807, 2.05) is 24.3 Å². The first-order valence-electron chi connectivity index (χ1n) is 7.18. The molecule has 0 fully saturated rings. The topological polar surface area (TPSA) is 54.9 Å². The number of rotatable bonds is 8. The lowest BCUT2D eigenvalue weighted by molar-refractivity contribution is -0.116. The molecule has 0 unspecified atom stereocenters. The highest BCUT2D eigenvalue weighted by molar-refractivity contribution is 8.01. The van der Waals surface area contributed by atoms with Crippen LogP contribution < -0.4 is 5.32 Å². The molecule has 0 radical (unpaired) electrons. The van der Waals surface area contributed by atoms with Crippen molar-refractivity contribution in [3.05, 3.63) is 34.9 Å². The Morgan fingerprint density at radius 1 is 1.32 bits per heavy atom. The van der Waals surface area contributed by atoms with E-state index in [0.717, 1.165) is 22.1 Å². The van der Waals surface area contributed by atoms with Crippen molar-refractivity contribution in [2.24, 2.45) is 0 Å². The molecule has 0 saturated carbocycles. The molecular formula is C15H18ClN3OS2. The molecule has 7 heteroatoms. The number of carbonyl (C=O) groups excluding carboxylic acids is 1. The molecule has 1 aromatic carbocycles. The molecule has 1 N–H and O–H groups in total. The summed E-state index contributed by atoms with van der Waals surface area (Å²) in [5.74, 6) is 0.992. The summed E-state index contributed by atoms with van der Waals surface area (Å²) in [5.41, 5.74) is 1.09. The largest absolute Gasteiger partial charge is 0.300 e. The third kappa shape index (κ3) is 5.94. The van der Waals surface area contributed by atoms with Gasteiger partial charge in [0.25, 0.3) is 0 Å². The van der Waals surface area contributed by atoms with Crippen LogP contribution in [0.25, 0.3) is 0 Å². The average Bonchev–Trinajstić information content (AvgIpc) is 2.94. The van der Waals surface area contributed by atoms with Crippen LogP contribution in [-0.2, 0) is 11.2 Å². The highest BCUT2D eigenvalue weighted by atomic mass is 35.5. The fraction of sp³-hybridized carbons (Fsp3) is 0.400. The number of carbonyl (C=O) groups is 1. The Kier molecular flexibility index (Phi) is 7.15. The van der Waals surface area contributed by atoms with Crippen LogP contribution in [0.1, 0.15) is 31.7 Å². The minimum atomic E-state index is -0.0452. The van der Waals surface area contributed by atoms with Gasteiger partial charge in [0.05, 0.1) is 0 Å². The first-order chi connectivity index (χ1) is 10.7. The standard InChI is InChI=1S/C15H18ClN3OS2/c1-2-3-10-21-15-19-18-14(22-15)17-13(20)9-6-11-4-7-12(16)8-5-11/h4-5,7-8H,2-3,6,9-10H2,1H3,(H,17,18,20). The van der Waals surface area contributed by atoms with Gasteiger partial charge in [-0.3, -0.25) is 4.79 Å². The Hall–Kier alpha value is -1.11. The first kappa shape index (κ1) is 17.2. The number of hydrogen-bond acceptors (Lipinski definition) is 5. The van der Waals surface area contributed by atoms with Gasteiger partial charge in [-0.05, 0) is 30.5 Å². The third-order valence-corrected chi connectivity index (χ3v) is 5.24. The molecule has 1 amide bonds. The number of benzene rings is 1. The lowest BCUT2D eigenvalue weighted by Gasteiger charge is -2.02. The fourth-order valence-corrected chi connectivity index (χ4v) is 3.76. The van der Waals surface area contributed by atoms with E-state index in [1.54, 1.807) is 11.8 Å². The smallest absolute Gasteiger partial charge is 0.226 e. The van der Waals surface area contributed by atoms with Crippen molar-refractivity contribution in [2.45, 2.75) is 36.9 Å². The highest BCUT2D eigenvalue weighted by Gasteiger charge is 2.08. The molecule has 2 rings (SSSR count). The Morgan fingerprint density at radius 3 is 2.82 bits per heavy atom. The number of aromatic nitrogens is 2. The molecule has 118 valence electrons. The molecule has 22 heavy (non-hydrogen) atoms. The number of aryl methyl sites for hydroxylation is 1. The lowest BCUT2D eigenvalue weighted by atomic mass is 10.1. The zero-order chi connectivity index (χ0) is 15.8. The first-order valence-corrected chi connectivity index (χ1v) is 9.36. The van der Waals surface area contributed by atoms with Gasteiger partial charge in [-0.1, -0.05) is 60.2 Å². The Bertz CT molecular complexity index is 601. The van der Waals surface area contributed by atoms with E-state index >= 15 is 0 Å². The van der Waals surface area contributed by atoms with Gasteiger partial charge in [-0.15, -0.1) is 10.2 Å². The molecule has 0 saturated heterocycles. The molecule has 2 aromatic rings. The van der Waals surface area contributed by atoms with Crippen LogP contribution in [0.4, 0.5) is 5.13 Å². The van der Waals surface area contributed by atoms with Gasteiger partial charge >= 0.3 is 0 Å². The third-order valence-electron chi connectivity index (χ3n) is 2.93. The van der Waals surface area contributed by atoms with Gasteiger partial charge in [0.1, 0.15) is 0 Å². The second-order valence-corrected chi connectivity index (χ2v) is 7.51. The van der Waals surface area contributed by atoms with Crippen molar-refractivity contribution in [2.75, 3.05) is 11.1 Å². The van der Waals surface area contributed by atoms with Gasteiger partial charge in [-0.2, -0.15) is 0 Å². The number of hydrogen-bond donors (Lipinski definition) is 1. The fourth-order valence-electron chi connectivity index (χ4n) is 1.71. The van der Waals surface area contributed by atoms with E-state index in [-0.39, 0.29) is 5.91 Å². The molecule has 0 atom stereocenters. The zero-order valence-electron chi connectivity index (χ0n) is 12.3. The van der Waals surface area contributed by atoms with E-state index in [0.29, 0.717) is 23.0 Å². The molecule has 0 bridgehead atoms. The quantitative estimate of drug-likeness (QED) is 0.425. The van der Waals surface area contributed by atoms with Crippen LogP contribution in [0, 0.1) is 0 Å². The summed E-state index contributed by atoms with van der Waals surface area (Å²) in [7, 11) is 0. The SMILES string of the molecule is CCCCSc1nnc(NC(=O)CCc2ccc(Cl)cc2)s1. The zero-order valence-corrected chi connectivity index (χ0v) is 14.7. The van der Waals surface area contributed by atoms with Crippen LogP contribution in [0.15, 0.2) is 28.6 Å². The van der Waals surface area contributed by atoms with Crippen molar-refractivity contribution < 1.29 is 4.79 Å². The average molecular weight is 356 g/mol. The summed E-state index contributed by atoms with van der Waals surface area (Å²) in [5, 5.41) is 12.1. The summed E-state index contributed by atoms with van der Waals surface area (Å²) in [6, 6.07) is 7.53. The van der Waals surface area contributed by atoms with Gasteiger partial charge in [0, 0.05) is 17.2 Å². The Labute approximate surface area is 143 Å². The van der Waals surface area contributed by atoms with Crippen LogP contribution in [0.2, 0.25) is 5.02 Å². The van der Waals surface area contributed by atoms with Crippen LogP contribution in [-0.4, -0.2) is 21.9 Å². The van der Waals surface area contributed by atoms with Gasteiger partial charge < -0.3 is 5.32 Å². The summed E-state index contributed by atoms with van der Waals surface area (Å²) in [6.07, 6.45) is 3.42. The monoisotopic (exact) mass is 355 g/mol.